The smallest absolute Gasteiger partial charge is 0.112 e. The molecule has 3 N–H and O–H groups in total. The van der Waals surface area contributed by atoms with Crippen molar-refractivity contribution in [2.24, 2.45) is 0 Å². The number of ether oxygens (including phenoxy) is 1. The zero-order valence-electron chi connectivity index (χ0n) is 10.9. The average Bonchev–Trinajstić information content (AvgIpc) is 2.43. The number of nitrogens with one attached hydrogen (secondary N) is 1. The molecule has 0 saturated carbocycles. The number of piperidine rings is 1. The first kappa shape index (κ1) is 14.2. The average molecular weight is 263 g/mol. The van der Waals surface area contributed by atoms with Crippen LogP contribution in [-0.4, -0.2) is 41.1 Å². The highest BCUT2D eigenvalue weighted by Crippen LogP contribution is 2.18. The van der Waals surface area contributed by atoms with E-state index >= 15 is 0 Å². The van der Waals surface area contributed by atoms with Gasteiger partial charge in [0.05, 0.1) is 18.8 Å². The van der Waals surface area contributed by atoms with Crippen molar-refractivity contribution in [1.29, 1.82) is 0 Å². The summed E-state index contributed by atoms with van der Waals surface area (Å²) in [6, 6.07) is 9.63. The van der Waals surface area contributed by atoms with E-state index in [1.807, 2.05) is 30.3 Å². The molecule has 0 bridgehead atoms. The Morgan fingerprint density at radius 3 is 2.74 bits per heavy atom. The van der Waals surface area contributed by atoms with Gasteiger partial charge >= 0.3 is 0 Å². The van der Waals surface area contributed by atoms with Crippen LogP contribution < -0.4 is 5.32 Å². The number of β-amino-alcohol motifs (C(OH)–C–C–N with tert-alkyl or cyclic N) is 1. The van der Waals surface area contributed by atoms with Crippen LogP contribution in [0.3, 0.4) is 0 Å². The highest BCUT2D eigenvalue weighted by atomic mass is 16.5. The Hall–Kier alpha value is -1.20. The van der Waals surface area contributed by atoms with E-state index in [-0.39, 0.29) is 6.04 Å². The summed E-state index contributed by atoms with van der Waals surface area (Å²) in [6.07, 6.45) is 0.419. The van der Waals surface area contributed by atoms with Gasteiger partial charge in [-0.25, -0.2) is 0 Å². The maximum atomic E-state index is 10.2. The third-order valence-electron chi connectivity index (χ3n) is 3.42. The lowest BCUT2D eigenvalue weighted by atomic mass is 9.94. The summed E-state index contributed by atoms with van der Waals surface area (Å²) in [5.41, 5.74) is 1.03. The maximum Gasteiger partial charge on any atom is 0.112 e. The van der Waals surface area contributed by atoms with Crippen LogP contribution in [0.5, 0.6) is 0 Å². The summed E-state index contributed by atoms with van der Waals surface area (Å²) in [5.74, 6) is 0. The molecule has 4 nitrogen and oxygen atoms in total. The molecule has 1 aromatic carbocycles. The fourth-order valence-electron chi connectivity index (χ4n) is 2.34. The molecule has 0 spiro atoms. The van der Waals surface area contributed by atoms with Crippen LogP contribution in [0.1, 0.15) is 12.0 Å². The monoisotopic (exact) mass is 263 g/mol. The molecule has 2 rings (SSSR count). The van der Waals surface area contributed by atoms with Crippen LogP contribution >= 0.6 is 0 Å². The Morgan fingerprint density at radius 1 is 1.32 bits per heavy atom. The molecule has 0 amide bonds. The Bertz CT molecular complexity index is 396. The molecule has 1 aliphatic heterocycles. The van der Waals surface area contributed by atoms with Crippen molar-refractivity contribution in [3.8, 4) is 0 Å². The van der Waals surface area contributed by atoms with Crippen LogP contribution in [0.15, 0.2) is 43.0 Å². The number of rotatable bonds is 5. The van der Waals surface area contributed by atoms with Gasteiger partial charge in [0, 0.05) is 12.6 Å². The summed E-state index contributed by atoms with van der Waals surface area (Å²) >= 11 is 0. The summed E-state index contributed by atoms with van der Waals surface area (Å²) in [7, 11) is 0. The minimum absolute atomic E-state index is 0.110. The molecular weight excluding hydrogens is 242 g/mol. The molecule has 1 fully saturated rings. The van der Waals surface area contributed by atoms with E-state index in [1.165, 1.54) is 0 Å². The first-order valence-corrected chi connectivity index (χ1v) is 6.58. The molecule has 4 heteroatoms. The van der Waals surface area contributed by atoms with E-state index in [9.17, 15) is 10.2 Å². The van der Waals surface area contributed by atoms with Crippen molar-refractivity contribution in [2.75, 3.05) is 6.54 Å². The van der Waals surface area contributed by atoms with E-state index in [0.29, 0.717) is 19.6 Å². The summed E-state index contributed by atoms with van der Waals surface area (Å²) in [4.78, 5) is 0. The molecule has 104 valence electrons. The van der Waals surface area contributed by atoms with Crippen LogP contribution in [0, 0.1) is 0 Å². The third kappa shape index (κ3) is 3.64. The maximum absolute atomic E-state index is 10.2. The number of aliphatic hydroxyl groups excluding tert-OH is 2. The molecule has 0 aliphatic carbocycles. The first-order chi connectivity index (χ1) is 9.22. The SMILES string of the molecule is C=CC[C@H]1NC[C@@H](O)[C@H](OCc2ccccc2)[C@H]1O. The van der Waals surface area contributed by atoms with E-state index in [2.05, 4.69) is 11.9 Å². The largest absolute Gasteiger partial charge is 0.389 e. The van der Waals surface area contributed by atoms with Gasteiger partial charge in [0.2, 0.25) is 0 Å². The van der Waals surface area contributed by atoms with E-state index in [4.69, 9.17) is 4.74 Å². The molecule has 19 heavy (non-hydrogen) atoms. The van der Waals surface area contributed by atoms with Crippen molar-refractivity contribution >= 4 is 0 Å². The molecule has 1 aromatic rings. The van der Waals surface area contributed by atoms with Crippen LogP contribution in [0.2, 0.25) is 0 Å². The molecule has 0 radical (unpaired) electrons. The molecule has 1 aliphatic rings. The van der Waals surface area contributed by atoms with Gasteiger partial charge in [-0.3, -0.25) is 0 Å². The third-order valence-corrected chi connectivity index (χ3v) is 3.42. The molecule has 1 saturated heterocycles. The molecule has 0 aromatic heterocycles. The number of hydrogen-bond acceptors (Lipinski definition) is 4. The normalized spacial score (nSPS) is 31.1. The highest BCUT2D eigenvalue weighted by molar-refractivity contribution is 5.13. The first-order valence-electron chi connectivity index (χ1n) is 6.58. The Labute approximate surface area is 113 Å². The lowest BCUT2D eigenvalue weighted by Gasteiger charge is -2.38. The second-order valence-electron chi connectivity index (χ2n) is 4.86. The Balaban J connectivity index is 1.94. The van der Waals surface area contributed by atoms with Crippen LogP contribution in [0.25, 0.3) is 0 Å². The summed E-state index contributed by atoms with van der Waals surface area (Å²) < 4.78 is 5.70. The Kier molecular flexibility index (Phi) is 5.10. The number of aliphatic hydroxyl groups is 2. The zero-order valence-corrected chi connectivity index (χ0v) is 10.9. The van der Waals surface area contributed by atoms with Crippen LogP contribution in [0.4, 0.5) is 0 Å². The quantitative estimate of drug-likeness (QED) is 0.689. The molecule has 4 atom stereocenters. The summed E-state index contributed by atoms with van der Waals surface area (Å²) in [6.45, 7) is 4.49. The number of hydrogen-bond donors (Lipinski definition) is 3. The van der Waals surface area contributed by atoms with Gasteiger partial charge in [0.15, 0.2) is 0 Å². The minimum Gasteiger partial charge on any atom is -0.389 e. The van der Waals surface area contributed by atoms with Gasteiger partial charge in [0.1, 0.15) is 6.10 Å². The van der Waals surface area contributed by atoms with Gasteiger partial charge in [-0.1, -0.05) is 36.4 Å². The van der Waals surface area contributed by atoms with Crippen molar-refractivity contribution in [2.45, 2.75) is 37.4 Å². The topological polar surface area (TPSA) is 61.7 Å². The van der Waals surface area contributed by atoms with Crippen LogP contribution in [-0.2, 0) is 11.3 Å². The Morgan fingerprint density at radius 2 is 2.05 bits per heavy atom. The van der Waals surface area contributed by atoms with E-state index in [1.54, 1.807) is 6.08 Å². The highest BCUT2D eigenvalue weighted by Gasteiger charge is 2.37. The fourth-order valence-corrected chi connectivity index (χ4v) is 2.34. The van der Waals surface area contributed by atoms with Crippen molar-refractivity contribution in [3.05, 3.63) is 48.6 Å². The predicted molar refractivity (Wildman–Crippen MR) is 73.6 cm³/mol. The van der Waals surface area contributed by atoms with Gasteiger partial charge in [0.25, 0.3) is 0 Å². The molecular formula is C15H21NO3. The second kappa shape index (κ2) is 6.82. The van der Waals surface area contributed by atoms with Crippen molar-refractivity contribution < 1.29 is 14.9 Å². The second-order valence-corrected chi connectivity index (χ2v) is 4.86. The minimum atomic E-state index is -0.731. The predicted octanol–water partition coefficient (Wildman–Crippen LogP) is 0.841. The standard InChI is InChI=1S/C15H21NO3/c1-2-6-12-14(18)15(13(17)9-16-12)19-10-11-7-4-3-5-8-11/h2-5,7-8,12-18H,1,6,9-10H2/t12-,13-,14+,15+/m1/s1. The van der Waals surface area contributed by atoms with E-state index < -0.39 is 18.3 Å². The van der Waals surface area contributed by atoms with Gasteiger partial charge < -0.3 is 20.3 Å². The van der Waals surface area contributed by atoms with Crippen molar-refractivity contribution in [1.82, 2.24) is 5.32 Å². The number of benzene rings is 1. The lowest BCUT2D eigenvalue weighted by molar-refractivity contribution is -0.133. The van der Waals surface area contributed by atoms with Gasteiger partial charge in [-0.2, -0.15) is 0 Å². The molecule has 0 unspecified atom stereocenters. The van der Waals surface area contributed by atoms with Crippen molar-refractivity contribution in [3.63, 3.8) is 0 Å². The zero-order chi connectivity index (χ0) is 13.7. The lowest BCUT2D eigenvalue weighted by Crippen LogP contribution is -2.60. The summed E-state index contributed by atoms with van der Waals surface area (Å²) in [5, 5.41) is 23.2. The fraction of sp³-hybridized carbons (Fsp3) is 0.467. The van der Waals surface area contributed by atoms with Gasteiger partial charge in [-0.05, 0) is 12.0 Å². The van der Waals surface area contributed by atoms with E-state index in [0.717, 1.165) is 5.56 Å². The van der Waals surface area contributed by atoms with Gasteiger partial charge in [-0.15, -0.1) is 6.58 Å². The molecule has 1 heterocycles.